The Morgan fingerprint density at radius 2 is 1.90 bits per heavy atom. The Labute approximate surface area is 177 Å². The van der Waals surface area contributed by atoms with Gasteiger partial charge in [0.2, 0.25) is 10.0 Å². The number of hydrogen-bond acceptors (Lipinski definition) is 5. The highest BCUT2D eigenvalue weighted by atomic mass is 32.2. The lowest BCUT2D eigenvalue weighted by Crippen LogP contribution is -2.34. The van der Waals surface area contributed by atoms with Crippen LogP contribution in [0.3, 0.4) is 0 Å². The van der Waals surface area contributed by atoms with Gasteiger partial charge in [0, 0.05) is 11.6 Å². The van der Waals surface area contributed by atoms with Gasteiger partial charge in [-0.05, 0) is 60.7 Å². The van der Waals surface area contributed by atoms with Crippen molar-refractivity contribution in [3.63, 3.8) is 0 Å². The number of carbonyl (C=O) groups excluding carboxylic acids is 2. The van der Waals surface area contributed by atoms with E-state index in [1.807, 2.05) is 37.3 Å². The summed E-state index contributed by atoms with van der Waals surface area (Å²) in [5.41, 5.74) is 3.84. The van der Waals surface area contributed by atoms with Gasteiger partial charge in [0.05, 0.1) is 12.9 Å². The molecule has 0 radical (unpaired) electrons. The van der Waals surface area contributed by atoms with Gasteiger partial charge < -0.3 is 4.74 Å². The number of rotatable bonds is 6. The average molecular weight is 428 g/mol. The van der Waals surface area contributed by atoms with Crippen molar-refractivity contribution in [3.8, 4) is 0 Å². The second kappa shape index (κ2) is 8.83. The molecule has 1 aliphatic rings. The molecule has 0 fully saturated rings. The van der Waals surface area contributed by atoms with Crippen molar-refractivity contribution in [1.29, 1.82) is 0 Å². The second-order valence-corrected chi connectivity index (χ2v) is 9.17. The van der Waals surface area contributed by atoms with Crippen LogP contribution in [0.1, 0.15) is 36.0 Å². The first kappa shape index (κ1) is 21.8. The van der Waals surface area contributed by atoms with Crippen LogP contribution in [0, 0.1) is 12.8 Å². The molecule has 2 atom stereocenters. The molecule has 3 rings (SSSR count). The van der Waals surface area contributed by atoms with E-state index < -0.39 is 21.9 Å². The Morgan fingerprint density at radius 1 is 1.17 bits per heavy atom. The van der Waals surface area contributed by atoms with Crippen molar-refractivity contribution in [1.82, 2.24) is 0 Å². The third-order valence-corrected chi connectivity index (χ3v) is 5.74. The van der Waals surface area contributed by atoms with Gasteiger partial charge in [-0.3, -0.25) is 14.3 Å². The number of benzene rings is 2. The van der Waals surface area contributed by atoms with Crippen molar-refractivity contribution in [3.05, 3.63) is 71.3 Å². The normalized spacial score (nSPS) is 19.2. The SMILES string of the molecule is CCOC(=O)[C@H]1C(=O)C=C(c2cccc(NS(C)(=O)=O)c2)C[C@@H]1c1ccccc1C. The van der Waals surface area contributed by atoms with Gasteiger partial charge in [-0.25, -0.2) is 8.42 Å². The second-order valence-electron chi connectivity index (χ2n) is 7.42. The van der Waals surface area contributed by atoms with Gasteiger partial charge in [-0.15, -0.1) is 0 Å². The molecule has 158 valence electrons. The Hall–Kier alpha value is -2.93. The topological polar surface area (TPSA) is 89.5 Å². The Bertz CT molecular complexity index is 1100. The van der Waals surface area contributed by atoms with Gasteiger partial charge >= 0.3 is 5.97 Å². The molecule has 0 unspecified atom stereocenters. The van der Waals surface area contributed by atoms with Gasteiger partial charge in [0.15, 0.2) is 5.78 Å². The lowest BCUT2D eigenvalue weighted by Gasteiger charge is -2.30. The molecule has 0 saturated carbocycles. The fraction of sp³-hybridized carbons (Fsp3) is 0.304. The maximum atomic E-state index is 13.0. The van der Waals surface area contributed by atoms with Crippen LogP contribution in [0.4, 0.5) is 5.69 Å². The van der Waals surface area contributed by atoms with Gasteiger partial charge in [-0.2, -0.15) is 0 Å². The van der Waals surface area contributed by atoms with Crippen molar-refractivity contribution in [2.75, 3.05) is 17.6 Å². The van der Waals surface area contributed by atoms with Crippen LogP contribution >= 0.6 is 0 Å². The highest BCUT2D eigenvalue weighted by Crippen LogP contribution is 2.41. The van der Waals surface area contributed by atoms with E-state index in [0.717, 1.165) is 28.5 Å². The van der Waals surface area contributed by atoms with Crippen LogP contribution in [-0.4, -0.2) is 33.0 Å². The van der Waals surface area contributed by atoms with Crippen LogP contribution < -0.4 is 4.72 Å². The van der Waals surface area contributed by atoms with Crippen molar-refractivity contribution in [2.24, 2.45) is 5.92 Å². The van der Waals surface area contributed by atoms with E-state index in [2.05, 4.69) is 4.72 Å². The van der Waals surface area contributed by atoms with Crippen molar-refractivity contribution in [2.45, 2.75) is 26.2 Å². The van der Waals surface area contributed by atoms with Crippen LogP contribution in [0.25, 0.3) is 5.57 Å². The third kappa shape index (κ3) is 4.97. The zero-order valence-corrected chi connectivity index (χ0v) is 18.0. The average Bonchev–Trinajstić information content (AvgIpc) is 2.66. The molecule has 0 spiro atoms. The lowest BCUT2D eigenvalue weighted by atomic mass is 9.72. The smallest absolute Gasteiger partial charge is 0.317 e. The summed E-state index contributed by atoms with van der Waals surface area (Å²) in [7, 11) is -3.42. The van der Waals surface area contributed by atoms with Gasteiger partial charge in [0.1, 0.15) is 5.92 Å². The highest BCUT2D eigenvalue weighted by Gasteiger charge is 2.40. The van der Waals surface area contributed by atoms with E-state index in [0.29, 0.717) is 12.1 Å². The molecule has 30 heavy (non-hydrogen) atoms. The molecule has 2 aromatic rings. The summed E-state index contributed by atoms with van der Waals surface area (Å²) < 4.78 is 30.8. The molecule has 0 aliphatic heterocycles. The first-order valence-corrected chi connectivity index (χ1v) is 11.6. The molecule has 0 amide bonds. The minimum atomic E-state index is -3.42. The Kier molecular flexibility index (Phi) is 6.41. The number of esters is 1. The number of sulfonamides is 1. The molecule has 6 nitrogen and oxygen atoms in total. The first-order valence-electron chi connectivity index (χ1n) is 9.74. The summed E-state index contributed by atoms with van der Waals surface area (Å²) in [5, 5.41) is 0. The fourth-order valence-electron chi connectivity index (χ4n) is 3.88. The molecule has 0 saturated heterocycles. The first-order chi connectivity index (χ1) is 14.2. The van der Waals surface area contributed by atoms with Crippen LogP contribution in [0.5, 0.6) is 0 Å². The van der Waals surface area contributed by atoms with E-state index in [-0.39, 0.29) is 18.3 Å². The molecule has 2 aromatic carbocycles. The maximum absolute atomic E-state index is 13.0. The third-order valence-electron chi connectivity index (χ3n) is 5.13. The number of hydrogen-bond donors (Lipinski definition) is 1. The largest absolute Gasteiger partial charge is 0.465 e. The number of nitrogens with one attached hydrogen (secondary N) is 1. The van der Waals surface area contributed by atoms with E-state index in [4.69, 9.17) is 4.74 Å². The van der Waals surface area contributed by atoms with E-state index in [1.165, 1.54) is 6.08 Å². The number of ether oxygens (including phenoxy) is 1. The number of ketones is 1. The monoisotopic (exact) mass is 427 g/mol. The summed E-state index contributed by atoms with van der Waals surface area (Å²) in [6.07, 6.45) is 3.03. The summed E-state index contributed by atoms with van der Waals surface area (Å²) >= 11 is 0. The zero-order valence-electron chi connectivity index (χ0n) is 17.2. The predicted octanol–water partition coefficient (Wildman–Crippen LogP) is 3.69. The molecule has 7 heteroatoms. The molecule has 0 bridgehead atoms. The highest BCUT2D eigenvalue weighted by molar-refractivity contribution is 7.92. The standard InChI is InChI=1S/C23H25NO5S/c1-4-29-23(26)22-20(19-11-6-5-8-15(19)2)13-17(14-21(22)25)16-9-7-10-18(12-16)24-30(3,27)28/h5-12,14,20,22,24H,4,13H2,1-3H3/t20-,22-/m1/s1. The molecular formula is C23H25NO5S. The molecule has 0 aromatic heterocycles. The Morgan fingerprint density at radius 3 is 2.57 bits per heavy atom. The summed E-state index contributed by atoms with van der Waals surface area (Å²) in [4.78, 5) is 25.6. The summed E-state index contributed by atoms with van der Waals surface area (Å²) in [6.45, 7) is 3.88. The van der Waals surface area contributed by atoms with E-state index >= 15 is 0 Å². The van der Waals surface area contributed by atoms with Crippen molar-refractivity contribution < 1.29 is 22.7 Å². The predicted molar refractivity (Wildman–Crippen MR) is 117 cm³/mol. The lowest BCUT2D eigenvalue weighted by molar-refractivity contribution is -0.151. The van der Waals surface area contributed by atoms with E-state index in [1.54, 1.807) is 25.1 Å². The zero-order chi connectivity index (χ0) is 21.9. The van der Waals surface area contributed by atoms with E-state index in [9.17, 15) is 18.0 Å². The molecule has 1 N–H and O–H groups in total. The molecular weight excluding hydrogens is 402 g/mol. The minimum Gasteiger partial charge on any atom is -0.465 e. The molecule has 0 heterocycles. The number of allylic oxidation sites excluding steroid dienone is 2. The van der Waals surface area contributed by atoms with Gasteiger partial charge in [0.25, 0.3) is 0 Å². The number of anilines is 1. The summed E-state index contributed by atoms with van der Waals surface area (Å²) in [5.74, 6) is -2.07. The quantitative estimate of drug-likeness (QED) is 0.561. The fourth-order valence-corrected chi connectivity index (χ4v) is 4.43. The number of carbonyl (C=O) groups is 2. The van der Waals surface area contributed by atoms with Crippen LogP contribution in [0.15, 0.2) is 54.6 Å². The summed E-state index contributed by atoms with van der Waals surface area (Å²) in [6, 6.07) is 14.6. The van der Waals surface area contributed by atoms with Crippen LogP contribution in [0.2, 0.25) is 0 Å². The van der Waals surface area contributed by atoms with Crippen molar-refractivity contribution >= 4 is 33.0 Å². The minimum absolute atomic E-state index is 0.207. The van der Waals surface area contributed by atoms with Crippen LogP contribution in [-0.2, 0) is 24.3 Å². The van der Waals surface area contributed by atoms with Gasteiger partial charge in [-0.1, -0.05) is 36.4 Å². The Balaban J connectivity index is 2.03. The number of aryl methyl sites for hydroxylation is 1. The molecule has 1 aliphatic carbocycles. The maximum Gasteiger partial charge on any atom is 0.317 e.